The Morgan fingerprint density at radius 2 is 2.21 bits per heavy atom. The first-order valence-corrected chi connectivity index (χ1v) is 7.16. The Labute approximate surface area is 122 Å². The van der Waals surface area contributed by atoms with Gasteiger partial charge in [0.1, 0.15) is 5.75 Å². The summed E-state index contributed by atoms with van der Waals surface area (Å²) in [4.78, 5) is 11.9. The van der Waals surface area contributed by atoms with E-state index >= 15 is 0 Å². The van der Waals surface area contributed by atoms with E-state index in [9.17, 15) is 4.79 Å². The smallest absolute Gasteiger partial charge is 0.226 e. The van der Waals surface area contributed by atoms with Gasteiger partial charge in [-0.2, -0.15) is 0 Å². The van der Waals surface area contributed by atoms with Gasteiger partial charge in [-0.1, -0.05) is 29.3 Å². The topological polar surface area (TPSA) is 64.4 Å². The zero-order valence-electron chi connectivity index (χ0n) is 11.6. The Morgan fingerprint density at radius 3 is 2.79 bits per heavy atom. The molecule has 0 spiro atoms. The van der Waals surface area contributed by atoms with Gasteiger partial charge in [0.2, 0.25) is 5.91 Å². The first kappa shape index (κ1) is 16.0. The van der Waals surface area contributed by atoms with E-state index in [-0.39, 0.29) is 11.9 Å². The number of carbonyl (C=O) groups is 1. The largest absolute Gasteiger partial charge is 0.495 e. The van der Waals surface area contributed by atoms with E-state index in [1.165, 1.54) is 0 Å². The van der Waals surface area contributed by atoms with E-state index < -0.39 is 0 Å². The van der Waals surface area contributed by atoms with Gasteiger partial charge in [0.05, 0.1) is 12.8 Å². The van der Waals surface area contributed by atoms with Crippen molar-refractivity contribution in [1.82, 2.24) is 0 Å². The van der Waals surface area contributed by atoms with Crippen molar-refractivity contribution in [1.29, 1.82) is 0 Å². The lowest BCUT2D eigenvalue weighted by Crippen LogP contribution is -2.27. The van der Waals surface area contributed by atoms with Crippen LogP contribution in [-0.4, -0.2) is 19.1 Å². The fraction of sp³-hybridized carbons (Fsp3) is 0.500. The van der Waals surface area contributed by atoms with Gasteiger partial charge in [-0.15, -0.1) is 0 Å². The fourth-order valence-corrected chi connectivity index (χ4v) is 2.49. The molecule has 0 aliphatic heterocycles. The number of hydrogen-bond acceptors (Lipinski definition) is 3. The highest BCUT2D eigenvalue weighted by atomic mass is 79.9. The third kappa shape index (κ3) is 4.84. The summed E-state index contributed by atoms with van der Waals surface area (Å²) >= 11 is 3.40. The van der Waals surface area contributed by atoms with Gasteiger partial charge >= 0.3 is 0 Å². The monoisotopic (exact) mass is 328 g/mol. The lowest BCUT2D eigenvalue weighted by Gasteiger charge is -2.15. The summed E-state index contributed by atoms with van der Waals surface area (Å²) in [6, 6.07) is 3.67. The van der Waals surface area contributed by atoms with Crippen molar-refractivity contribution in [3.63, 3.8) is 0 Å². The molecule has 0 aliphatic carbocycles. The van der Waals surface area contributed by atoms with Crippen LogP contribution in [0.15, 0.2) is 16.6 Å². The van der Waals surface area contributed by atoms with Crippen molar-refractivity contribution in [2.75, 3.05) is 12.4 Å². The predicted octanol–water partition coefficient (Wildman–Crippen LogP) is 3.22. The molecule has 0 saturated heterocycles. The Kier molecular flexibility index (Phi) is 6.31. The summed E-state index contributed by atoms with van der Waals surface area (Å²) in [6.07, 6.45) is 2.16. The van der Waals surface area contributed by atoms with Crippen molar-refractivity contribution in [3.8, 4) is 5.75 Å². The molecule has 4 nitrogen and oxygen atoms in total. The summed E-state index contributed by atoms with van der Waals surface area (Å²) in [5, 5.41) is 2.88. The highest BCUT2D eigenvalue weighted by Gasteiger charge is 2.14. The number of anilines is 1. The highest BCUT2D eigenvalue weighted by molar-refractivity contribution is 9.10. The summed E-state index contributed by atoms with van der Waals surface area (Å²) in [6.45, 7) is 3.98. The maximum atomic E-state index is 11.9. The van der Waals surface area contributed by atoms with Crippen molar-refractivity contribution >= 4 is 27.5 Å². The molecule has 0 fully saturated rings. The summed E-state index contributed by atoms with van der Waals surface area (Å²) in [5.74, 6) is 0.564. The van der Waals surface area contributed by atoms with Crippen LogP contribution < -0.4 is 15.8 Å². The molecule has 5 heteroatoms. The summed E-state index contributed by atoms with van der Waals surface area (Å²) < 4.78 is 6.20. The molecular weight excluding hydrogens is 308 g/mol. The van der Waals surface area contributed by atoms with Gasteiger partial charge < -0.3 is 15.8 Å². The maximum Gasteiger partial charge on any atom is 0.226 e. The second-order valence-electron chi connectivity index (χ2n) is 4.60. The molecule has 1 amide bonds. The van der Waals surface area contributed by atoms with Crippen molar-refractivity contribution in [3.05, 3.63) is 22.2 Å². The molecule has 0 bridgehead atoms. The first-order valence-electron chi connectivity index (χ1n) is 6.37. The first-order chi connectivity index (χ1) is 8.97. The zero-order chi connectivity index (χ0) is 14.4. The molecule has 0 aromatic heterocycles. The molecule has 1 unspecified atom stereocenters. The minimum Gasteiger partial charge on any atom is -0.495 e. The summed E-state index contributed by atoms with van der Waals surface area (Å²) in [5.41, 5.74) is 7.53. The summed E-state index contributed by atoms with van der Waals surface area (Å²) in [7, 11) is 1.58. The molecule has 1 atom stereocenters. The number of hydrogen-bond donors (Lipinski definition) is 2. The second-order valence-corrected chi connectivity index (χ2v) is 5.52. The molecule has 3 N–H and O–H groups in total. The third-order valence-corrected chi connectivity index (χ3v) is 3.31. The minimum atomic E-state index is -0.0910. The van der Waals surface area contributed by atoms with E-state index in [0.29, 0.717) is 17.9 Å². The van der Waals surface area contributed by atoms with Gasteiger partial charge in [0.25, 0.3) is 0 Å². The number of methoxy groups -OCH3 is 1. The number of aryl methyl sites for hydroxylation is 1. The standard InChI is InChI=1S/C14H21BrN2O2/c1-4-5-11(16)8-13(18)17-14-9(2)6-10(15)7-12(14)19-3/h6-7,11H,4-5,8,16H2,1-3H3,(H,17,18). The van der Waals surface area contributed by atoms with Crippen LogP contribution >= 0.6 is 15.9 Å². The number of rotatable bonds is 6. The van der Waals surface area contributed by atoms with Crippen molar-refractivity contribution < 1.29 is 9.53 Å². The Balaban J connectivity index is 2.79. The lowest BCUT2D eigenvalue weighted by molar-refractivity contribution is -0.116. The van der Waals surface area contributed by atoms with E-state index in [1.54, 1.807) is 7.11 Å². The van der Waals surface area contributed by atoms with E-state index in [4.69, 9.17) is 10.5 Å². The van der Waals surface area contributed by atoms with Crippen LogP contribution in [0.2, 0.25) is 0 Å². The van der Waals surface area contributed by atoms with E-state index in [0.717, 1.165) is 22.9 Å². The zero-order valence-corrected chi connectivity index (χ0v) is 13.2. The minimum absolute atomic E-state index is 0.0790. The molecule has 1 aromatic carbocycles. The number of nitrogens with two attached hydrogens (primary N) is 1. The van der Waals surface area contributed by atoms with Gasteiger partial charge in [0.15, 0.2) is 0 Å². The van der Waals surface area contributed by atoms with Crippen LogP contribution in [0.4, 0.5) is 5.69 Å². The molecular formula is C14H21BrN2O2. The predicted molar refractivity (Wildman–Crippen MR) is 81.6 cm³/mol. The average Bonchev–Trinajstić information content (AvgIpc) is 2.32. The lowest BCUT2D eigenvalue weighted by atomic mass is 10.1. The van der Waals surface area contributed by atoms with Gasteiger partial charge in [-0.05, 0) is 31.0 Å². The highest BCUT2D eigenvalue weighted by Crippen LogP contribution is 2.32. The number of benzene rings is 1. The van der Waals surface area contributed by atoms with Crippen LogP contribution in [0.5, 0.6) is 5.75 Å². The van der Waals surface area contributed by atoms with Crippen LogP contribution in [0, 0.1) is 6.92 Å². The van der Waals surface area contributed by atoms with E-state index in [2.05, 4.69) is 28.2 Å². The number of nitrogens with one attached hydrogen (secondary N) is 1. The van der Waals surface area contributed by atoms with Crippen molar-refractivity contribution in [2.24, 2.45) is 5.73 Å². The average molecular weight is 329 g/mol. The normalized spacial score (nSPS) is 12.1. The van der Waals surface area contributed by atoms with Crippen LogP contribution in [0.3, 0.4) is 0 Å². The van der Waals surface area contributed by atoms with Crippen LogP contribution in [-0.2, 0) is 4.79 Å². The number of amides is 1. The quantitative estimate of drug-likeness (QED) is 0.842. The fourth-order valence-electron chi connectivity index (χ4n) is 1.94. The molecule has 1 aromatic rings. The molecule has 0 radical (unpaired) electrons. The van der Waals surface area contributed by atoms with Crippen LogP contribution in [0.1, 0.15) is 31.7 Å². The third-order valence-electron chi connectivity index (χ3n) is 2.86. The Hall–Kier alpha value is -1.07. The molecule has 1 rings (SSSR count). The SMILES string of the molecule is CCCC(N)CC(=O)Nc1c(C)cc(Br)cc1OC. The molecule has 0 saturated carbocycles. The van der Waals surface area contributed by atoms with Gasteiger partial charge in [-0.25, -0.2) is 0 Å². The molecule has 106 valence electrons. The Bertz CT molecular complexity index is 449. The molecule has 19 heavy (non-hydrogen) atoms. The number of carbonyl (C=O) groups excluding carboxylic acids is 1. The van der Waals surface area contributed by atoms with Crippen molar-refractivity contribution in [2.45, 2.75) is 39.2 Å². The second kappa shape index (κ2) is 7.50. The van der Waals surface area contributed by atoms with Gasteiger partial charge in [0, 0.05) is 16.9 Å². The van der Waals surface area contributed by atoms with Gasteiger partial charge in [-0.3, -0.25) is 4.79 Å². The Morgan fingerprint density at radius 1 is 1.53 bits per heavy atom. The van der Waals surface area contributed by atoms with E-state index in [1.807, 2.05) is 19.1 Å². The number of ether oxygens (including phenoxy) is 1. The molecule has 0 heterocycles. The van der Waals surface area contributed by atoms with Crippen LogP contribution in [0.25, 0.3) is 0 Å². The maximum absolute atomic E-state index is 11.9. The molecule has 0 aliphatic rings. The number of halogens is 1.